The van der Waals surface area contributed by atoms with Crippen LogP contribution in [0, 0.1) is 5.82 Å². The molecule has 0 aliphatic carbocycles. The van der Waals surface area contributed by atoms with Gasteiger partial charge in [-0.3, -0.25) is 4.79 Å². The number of halogens is 1. The highest BCUT2D eigenvalue weighted by Crippen LogP contribution is 2.26. The first-order chi connectivity index (χ1) is 15.0. The lowest BCUT2D eigenvalue weighted by molar-refractivity contribution is -0.120. The molecule has 0 bridgehead atoms. The number of rotatable bonds is 7. The topological polar surface area (TPSA) is 97.9 Å². The fraction of sp³-hybridized carbons (Fsp3) is 0.174. The number of aromatic nitrogens is 3. The van der Waals surface area contributed by atoms with Gasteiger partial charge in [0.2, 0.25) is 5.91 Å². The summed E-state index contributed by atoms with van der Waals surface area (Å²) in [4.78, 5) is 20.3. The van der Waals surface area contributed by atoms with Crippen LogP contribution in [0.15, 0.2) is 61.1 Å². The quantitative estimate of drug-likeness (QED) is 0.428. The number of carbonyl (C=O) groups excluding carboxylic acids is 1. The van der Waals surface area contributed by atoms with E-state index in [2.05, 4.69) is 20.6 Å². The summed E-state index contributed by atoms with van der Waals surface area (Å²) in [5.41, 5.74) is 8.02. The number of carbonyl (C=O) groups is 1. The average molecular weight is 418 g/mol. The molecule has 2 heterocycles. The first-order valence-corrected chi connectivity index (χ1v) is 9.88. The van der Waals surface area contributed by atoms with E-state index in [9.17, 15) is 9.18 Å². The lowest BCUT2D eigenvalue weighted by atomic mass is 10.1. The number of hydrogen-bond donors (Lipinski definition) is 3. The third-order valence-electron chi connectivity index (χ3n) is 5.15. The van der Waals surface area contributed by atoms with Gasteiger partial charge in [-0.25, -0.2) is 14.4 Å². The van der Waals surface area contributed by atoms with Gasteiger partial charge in [0.15, 0.2) is 0 Å². The molecule has 31 heavy (non-hydrogen) atoms. The SMILES string of the molecule is Cn1ccnc1CC(=O)NCc1ccc(CNc2cccc3c(N)nccc23)c(F)c1. The molecule has 1 amide bonds. The fourth-order valence-electron chi connectivity index (χ4n) is 3.39. The van der Waals surface area contributed by atoms with Crippen molar-refractivity contribution in [2.75, 3.05) is 11.1 Å². The van der Waals surface area contributed by atoms with Crippen LogP contribution in [0.25, 0.3) is 10.8 Å². The molecule has 4 N–H and O–H groups in total. The van der Waals surface area contributed by atoms with E-state index in [1.54, 1.807) is 29.2 Å². The second kappa shape index (κ2) is 8.83. The molecule has 4 rings (SSSR count). The number of nitrogen functional groups attached to an aromatic ring is 1. The van der Waals surface area contributed by atoms with E-state index in [-0.39, 0.29) is 24.7 Å². The second-order valence-electron chi connectivity index (χ2n) is 7.28. The standard InChI is InChI=1S/C23H23FN6O/c1-30-10-9-26-21(30)12-22(31)29-13-15-5-6-16(19(24)11-15)14-28-20-4-2-3-18-17(20)7-8-27-23(18)25/h2-11,28H,12-14H2,1H3,(H2,25,27)(H,29,31). The van der Waals surface area contributed by atoms with Crippen molar-refractivity contribution < 1.29 is 9.18 Å². The Morgan fingerprint density at radius 1 is 1.10 bits per heavy atom. The first kappa shape index (κ1) is 20.3. The number of anilines is 2. The summed E-state index contributed by atoms with van der Waals surface area (Å²) < 4.78 is 16.4. The summed E-state index contributed by atoms with van der Waals surface area (Å²) in [6.07, 6.45) is 5.27. The molecule has 2 aromatic carbocycles. The molecule has 0 radical (unpaired) electrons. The lowest BCUT2D eigenvalue weighted by Crippen LogP contribution is -2.25. The predicted octanol–water partition coefficient (Wildman–Crippen LogP) is 3.16. The number of hydrogen-bond acceptors (Lipinski definition) is 5. The van der Waals surface area contributed by atoms with Crippen LogP contribution < -0.4 is 16.4 Å². The maximum absolute atomic E-state index is 14.6. The van der Waals surface area contributed by atoms with Crippen LogP contribution in [0.3, 0.4) is 0 Å². The van der Waals surface area contributed by atoms with Crippen molar-refractivity contribution >= 4 is 28.2 Å². The van der Waals surface area contributed by atoms with E-state index in [1.165, 1.54) is 6.07 Å². The van der Waals surface area contributed by atoms with Crippen LogP contribution in [0.4, 0.5) is 15.9 Å². The van der Waals surface area contributed by atoms with E-state index in [1.807, 2.05) is 37.4 Å². The van der Waals surface area contributed by atoms with Crippen molar-refractivity contribution in [3.05, 3.63) is 83.8 Å². The molecule has 0 fully saturated rings. The van der Waals surface area contributed by atoms with Crippen molar-refractivity contribution in [2.45, 2.75) is 19.5 Å². The molecule has 0 aliphatic rings. The lowest BCUT2D eigenvalue weighted by Gasteiger charge is -2.12. The number of nitrogens with one attached hydrogen (secondary N) is 2. The number of pyridine rings is 1. The van der Waals surface area contributed by atoms with Crippen molar-refractivity contribution in [3.8, 4) is 0 Å². The highest BCUT2D eigenvalue weighted by Gasteiger charge is 2.09. The molecule has 0 unspecified atom stereocenters. The predicted molar refractivity (Wildman–Crippen MR) is 119 cm³/mol. The van der Waals surface area contributed by atoms with Crippen LogP contribution in [-0.4, -0.2) is 20.4 Å². The minimum absolute atomic E-state index is 0.162. The highest BCUT2D eigenvalue weighted by molar-refractivity contribution is 5.99. The van der Waals surface area contributed by atoms with Crippen LogP contribution in [0.5, 0.6) is 0 Å². The third-order valence-corrected chi connectivity index (χ3v) is 5.15. The summed E-state index contributed by atoms with van der Waals surface area (Å²) in [5.74, 6) is 0.646. The maximum Gasteiger partial charge on any atom is 0.227 e. The molecule has 2 aromatic heterocycles. The van der Waals surface area contributed by atoms with Crippen LogP contribution in [0.1, 0.15) is 17.0 Å². The monoisotopic (exact) mass is 418 g/mol. The fourth-order valence-corrected chi connectivity index (χ4v) is 3.39. The summed E-state index contributed by atoms with van der Waals surface area (Å²) in [5, 5.41) is 7.86. The molecule has 4 aromatic rings. The molecule has 7 nitrogen and oxygen atoms in total. The van der Waals surface area contributed by atoms with Gasteiger partial charge in [0.1, 0.15) is 17.5 Å². The van der Waals surface area contributed by atoms with E-state index in [0.29, 0.717) is 29.3 Å². The molecule has 0 spiro atoms. The average Bonchev–Trinajstić information content (AvgIpc) is 3.16. The van der Waals surface area contributed by atoms with Gasteiger partial charge in [-0.2, -0.15) is 0 Å². The molecular formula is C23H23FN6O. The Morgan fingerprint density at radius 3 is 2.74 bits per heavy atom. The van der Waals surface area contributed by atoms with Crippen molar-refractivity contribution in [1.29, 1.82) is 0 Å². The van der Waals surface area contributed by atoms with Crippen LogP contribution in [-0.2, 0) is 31.4 Å². The van der Waals surface area contributed by atoms with Gasteiger partial charge in [0.25, 0.3) is 0 Å². The zero-order valence-electron chi connectivity index (χ0n) is 17.1. The van der Waals surface area contributed by atoms with E-state index < -0.39 is 0 Å². The van der Waals surface area contributed by atoms with Gasteiger partial charge in [0.05, 0.1) is 6.42 Å². The Balaban J connectivity index is 1.37. The first-order valence-electron chi connectivity index (χ1n) is 9.88. The molecule has 158 valence electrons. The molecule has 0 aliphatic heterocycles. The maximum atomic E-state index is 14.6. The second-order valence-corrected chi connectivity index (χ2v) is 7.28. The number of amides is 1. The minimum Gasteiger partial charge on any atom is -0.383 e. The number of benzene rings is 2. The van der Waals surface area contributed by atoms with Crippen LogP contribution >= 0.6 is 0 Å². The summed E-state index contributed by atoms with van der Waals surface area (Å²) >= 11 is 0. The molecule has 8 heteroatoms. The van der Waals surface area contributed by atoms with Gasteiger partial charge >= 0.3 is 0 Å². The highest BCUT2D eigenvalue weighted by atomic mass is 19.1. The van der Waals surface area contributed by atoms with Gasteiger partial charge in [-0.15, -0.1) is 0 Å². The normalized spacial score (nSPS) is 10.9. The van der Waals surface area contributed by atoms with E-state index >= 15 is 0 Å². The van der Waals surface area contributed by atoms with Gasteiger partial charge in [-0.1, -0.05) is 24.3 Å². The largest absolute Gasteiger partial charge is 0.383 e. The summed E-state index contributed by atoms with van der Waals surface area (Å²) in [6, 6.07) is 12.6. The van der Waals surface area contributed by atoms with Crippen molar-refractivity contribution in [1.82, 2.24) is 19.9 Å². The number of imidazole rings is 1. The van der Waals surface area contributed by atoms with Gasteiger partial charge in [-0.05, 0) is 23.8 Å². The smallest absolute Gasteiger partial charge is 0.227 e. The third kappa shape index (κ3) is 4.63. The number of nitrogens with zero attached hydrogens (tertiary/aromatic N) is 3. The zero-order chi connectivity index (χ0) is 21.8. The summed E-state index contributed by atoms with van der Waals surface area (Å²) in [6.45, 7) is 0.572. The van der Waals surface area contributed by atoms with Crippen LogP contribution in [0.2, 0.25) is 0 Å². The molecular weight excluding hydrogens is 395 g/mol. The van der Waals surface area contributed by atoms with Crippen molar-refractivity contribution in [3.63, 3.8) is 0 Å². The number of fused-ring (bicyclic) bond motifs is 1. The summed E-state index contributed by atoms with van der Waals surface area (Å²) in [7, 11) is 1.84. The Morgan fingerprint density at radius 2 is 1.97 bits per heavy atom. The minimum atomic E-state index is -0.329. The zero-order valence-corrected chi connectivity index (χ0v) is 17.1. The Labute approximate surface area is 179 Å². The van der Waals surface area contributed by atoms with Crippen molar-refractivity contribution in [2.24, 2.45) is 7.05 Å². The Bertz CT molecular complexity index is 1240. The molecule has 0 saturated heterocycles. The van der Waals surface area contributed by atoms with Gasteiger partial charge in [0, 0.05) is 60.8 Å². The van der Waals surface area contributed by atoms with E-state index in [0.717, 1.165) is 16.5 Å². The number of nitrogens with two attached hydrogens (primary N) is 1. The molecule has 0 saturated carbocycles. The van der Waals surface area contributed by atoms with Gasteiger partial charge < -0.3 is 20.9 Å². The Hall–Kier alpha value is -3.94. The Kier molecular flexibility index (Phi) is 5.79. The van der Waals surface area contributed by atoms with E-state index in [4.69, 9.17) is 5.73 Å². The molecule has 0 atom stereocenters. The number of aryl methyl sites for hydroxylation is 1.